The molecular weight excluding hydrogens is 301 g/mol. The van der Waals surface area contributed by atoms with Gasteiger partial charge in [0.05, 0.1) is 5.69 Å². The van der Waals surface area contributed by atoms with E-state index in [-0.39, 0.29) is 24.8 Å². The topological polar surface area (TPSA) is 29.3 Å². The van der Waals surface area contributed by atoms with Crippen molar-refractivity contribution in [3.05, 3.63) is 34.7 Å². The Kier molecular flexibility index (Phi) is 6.20. The third kappa shape index (κ3) is 3.34. The van der Waals surface area contributed by atoms with Crippen molar-refractivity contribution in [3.8, 4) is 0 Å². The SMILES string of the molecule is CNCc1cn2cc(Br)ccc2n1.Cl.Cl. The zero-order chi connectivity index (χ0) is 9.26. The van der Waals surface area contributed by atoms with Crippen LogP contribution in [0, 0.1) is 0 Å². The van der Waals surface area contributed by atoms with Gasteiger partial charge in [-0.15, -0.1) is 24.8 Å². The summed E-state index contributed by atoms with van der Waals surface area (Å²) in [5, 5.41) is 3.07. The second-order valence-electron chi connectivity index (χ2n) is 2.88. The summed E-state index contributed by atoms with van der Waals surface area (Å²) in [6.07, 6.45) is 4.03. The molecule has 2 aromatic rings. The minimum Gasteiger partial charge on any atom is -0.314 e. The van der Waals surface area contributed by atoms with E-state index in [1.807, 2.05) is 36.0 Å². The molecule has 84 valence electrons. The average molecular weight is 313 g/mol. The molecule has 3 nitrogen and oxygen atoms in total. The summed E-state index contributed by atoms with van der Waals surface area (Å²) in [4.78, 5) is 4.42. The number of aromatic nitrogens is 2. The summed E-state index contributed by atoms with van der Waals surface area (Å²) in [5.74, 6) is 0. The highest BCUT2D eigenvalue weighted by molar-refractivity contribution is 9.10. The molecule has 0 amide bonds. The fourth-order valence-corrected chi connectivity index (χ4v) is 1.64. The fourth-order valence-electron chi connectivity index (χ4n) is 1.28. The second kappa shape index (κ2) is 6.33. The third-order valence-electron chi connectivity index (χ3n) is 1.82. The Morgan fingerprint density at radius 1 is 1.33 bits per heavy atom. The van der Waals surface area contributed by atoms with Gasteiger partial charge >= 0.3 is 0 Å². The van der Waals surface area contributed by atoms with Gasteiger partial charge in [-0.1, -0.05) is 0 Å². The lowest BCUT2D eigenvalue weighted by atomic mass is 10.5. The molecule has 0 bridgehead atoms. The summed E-state index contributed by atoms with van der Waals surface area (Å²) < 4.78 is 3.07. The molecule has 0 spiro atoms. The number of imidazole rings is 1. The van der Waals surface area contributed by atoms with Gasteiger partial charge in [-0.2, -0.15) is 0 Å². The van der Waals surface area contributed by atoms with Gasteiger partial charge in [-0.05, 0) is 35.1 Å². The van der Waals surface area contributed by atoms with Gasteiger partial charge in [0.1, 0.15) is 5.65 Å². The van der Waals surface area contributed by atoms with Crippen molar-refractivity contribution < 1.29 is 0 Å². The zero-order valence-electron chi connectivity index (χ0n) is 8.11. The largest absolute Gasteiger partial charge is 0.314 e. The molecular formula is C9H12BrCl2N3. The lowest BCUT2D eigenvalue weighted by Crippen LogP contribution is -2.04. The summed E-state index contributed by atoms with van der Waals surface area (Å²) in [7, 11) is 1.92. The minimum absolute atomic E-state index is 0. The number of pyridine rings is 1. The van der Waals surface area contributed by atoms with Crippen LogP contribution in [-0.2, 0) is 6.54 Å². The van der Waals surface area contributed by atoms with Crippen LogP contribution in [0.1, 0.15) is 5.69 Å². The standard InChI is InChI=1S/C9H10BrN3.2ClH/c1-11-4-8-6-13-5-7(10)2-3-9(13)12-8;;/h2-3,5-6,11H,4H2,1H3;2*1H. The van der Waals surface area contributed by atoms with Crippen LogP contribution in [0.15, 0.2) is 29.0 Å². The summed E-state index contributed by atoms with van der Waals surface area (Å²) >= 11 is 3.42. The Hall–Kier alpha value is -0.290. The van der Waals surface area contributed by atoms with Gasteiger partial charge in [-0.3, -0.25) is 0 Å². The Balaban J connectivity index is 0.000000980. The first-order valence-electron chi connectivity index (χ1n) is 4.07. The van der Waals surface area contributed by atoms with Crippen molar-refractivity contribution in [3.63, 3.8) is 0 Å². The summed E-state index contributed by atoms with van der Waals surface area (Å²) in [5.41, 5.74) is 2.04. The molecule has 0 aromatic carbocycles. The van der Waals surface area contributed by atoms with Crippen LogP contribution < -0.4 is 5.32 Å². The maximum absolute atomic E-state index is 4.42. The number of hydrogen-bond acceptors (Lipinski definition) is 2. The smallest absolute Gasteiger partial charge is 0.137 e. The number of rotatable bonds is 2. The molecule has 2 aromatic heterocycles. The molecule has 2 rings (SSSR count). The van der Waals surface area contributed by atoms with Crippen molar-refractivity contribution >= 4 is 46.4 Å². The van der Waals surface area contributed by atoms with Crippen molar-refractivity contribution in [1.82, 2.24) is 14.7 Å². The molecule has 1 N–H and O–H groups in total. The van der Waals surface area contributed by atoms with Gasteiger partial charge < -0.3 is 9.72 Å². The van der Waals surface area contributed by atoms with E-state index in [0.717, 1.165) is 22.4 Å². The Morgan fingerprint density at radius 2 is 2.07 bits per heavy atom. The van der Waals surface area contributed by atoms with Gasteiger partial charge in [0, 0.05) is 23.4 Å². The molecule has 0 fully saturated rings. The van der Waals surface area contributed by atoms with Gasteiger partial charge in [0.25, 0.3) is 0 Å². The molecule has 0 saturated carbocycles. The van der Waals surface area contributed by atoms with Crippen molar-refractivity contribution in [1.29, 1.82) is 0 Å². The van der Waals surface area contributed by atoms with Crippen LogP contribution in [0.5, 0.6) is 0 Å². The van der Waals surface area contributed by atoms with Crippen LogP contribution in [0.4, 0.5) is 0 Å². The molecule has 0 atom stereocenters. The van der Waals surface area contributed by atoms with Gasteiger partial charge in [0.15, 0.2) is 0 Å². The van der Waals surface area contributed by atoms with Crippen LogP contribution in [-0.4, -0.2) is 16.4 Å². The molecule has 0 radical (unpaired) electrons. The van der Waals surface area contributed by atoms with Crippen LogP contribution in [0.3, 0.4) is 0 Å². The Morgan fingerprint density at radius 3 is 2.73 bits per heavy atom. The molecule has 15 heavy (non-hydrogen) atoms. The highest BCUT2D eigenvalue weighted by Crippen LogP contribution is 2.12. The van der Waals surface area contributed by atoms with Crippen molar-refractivity contribution in [2.45, 2.75) is 6.54 Å². The average Bonchev–Trinajstić information content (AvgIpc) is 2.46. The van der Waals surface area contributed by atoms with Crippen LogP contribution >= 0.6 is 40.7 Å². The summed E-state index contributed by atoms with van der Waals surface area (Å²) in [6.45, 7) is 0.805. The van der Waals surface area contributed by atoms with E-state index < -0.39 is 0 Å². The van der Waals surface area contributed by atoms with Crippen LogP contribution in [0.25, 0.3) is 5.65 Å². The third-order valence-corrected chi connectivity index (χ3v) is 2.29. The first kappa shape index (κ1) is 14.7. The highest BCUT2D eigenvalue weighted by Gasteiger charge is 1.99. The lowest BCUT2D eigenvalue weighted by Gasteiger charge is -1.91. The monoisotopic (exact) mass is 311 g/mol. The predicted octanol–water partition coefficient (Wildman–Crippen LogP) is 2.66. The van der Waals surface area contributed by atoms with E-state index >= 15 is 0 Å². The number of fused-ring (bicyclic) bond motifs is 1. The minimum atomic E-state index is 0. The maximum atomic E-state index is 4.42. The van der Waals surface area contributed by atoms with Crippen LogP contribution in [0.2, 0.25) is 0 Å². The predicted molar refractivity (Wildman–Crippen MR) is 70.2 cm³/mol. The lowest BCUT2D eigenvalue weighted by molar-refractivity contribution is 0.798. The number of nitrogens with zero attached hydrogens (tertiary/aromatic N) is 2. The molecule has 0 aliphatic carbocycles. The van der Waals surface area contributed by atoms with E-state index in [9.17, 15) is 0 Å². The van der Waals surface area contributed by atoms with Crippen molar-refractivity contribution in [2.75, 3.05) is 7.05 Å². The highest BCUT2D eigenvalue weighted by atomic mass is 79.9. The van der Waals surface area contributed by atoms with E-state index in [2.05, 4.69) is 26.2 Å². The first-order chi connectivity index (χ1) is 6.29. The number of hydrogen-bond donors (Lipinski definition) is 1. The molecule has 2 heterocycles. The van der Waals surface area contributed by atoms with E-state index in [4.69, 9.17) is 0 Å². The molecule has 0 saturated heterocycles. The van der Waals surface area contributed by atoms with Gasteiger partial charge in [0.2, 0.25) is 0 Å². The molecule has 0 unspecified atom stereocenters. The fraction of sp³-hybridized carbons (Fsp3) is 0.222. The molecule has 6 heteroatoms. The zero-order valence-corrected chi connectivity index (χ0v) is 11.3. The quantitative estimate of drug-likeness (QED) is 0.924. The number of halogens is 3. The van der Waals surface area contributed by atoms with Gasteiger partial charge in [-0.25, -0.2) is 4.98 Å². The maximum Gasteiger partial charge on any atom is 0.137 e. The Bertz CT molecular complexity index is 430. The van der Waals surface area contributed by atoms with Crippen molar-refractivity contribution in [2.24, 2.45) is 0 Å². The first-order valence-corrected chi connectivity index (χ1v) is 4.86. The molecule has 0 aliphatic heterocycles. The van der Waals surface area contributed by atoms with E-state index in [1.54, 1.807) is 0 Å². The van der Waals surface area contributed by atoms with E-state index in [0.29, 0.717) is 0 Å². The second-order valence-corrected chi connectivity index (χ2v) is 3.79. The van der Waals surface area contributed by atoms with E-state index in [1.165, 1.54) is 0 Å². The normalized spacial score (nSPS) is 9.47. The number of nitrogens with one attached hydrogen (secondary N) is 1. The Labute approximate surface area is 109 Å². The summed E-state index contributed by atoms with van der Waals surface area (Å²) in [6, 6.07) is 3.98. The molecule has 0 aliphatic rings.